The Morgan fingerprint density at radius 1 is 1.04 bits per heavy atom. The molecule has 0 spiro atoms. The largest absolute Gasteiger partial charge is 0.355 e. The molecule has 0 saturated carbocycles. The average Bonchev–Trinajstić information content (AvgIpc) is 3.11. The number of carbonyl (C=O) groups is 6. The maximum atomic E-state index is 11.7. The summed E-state index contributed by atoms with van der Waals surface area (Å²) in [5.74, 6) is -2.28. The van der Waals surface area contributed by atoms with Gasteiger partial charge < -0.3 is 10.2 Å². The van der Waals surface area contributed by atoms with Gasteiger partial charge in [-0.15, -0.1) is 16.8 Å². The zero-order chi connectivity index (χ0) is 19.8. The maximum absolute atomic E-state index is 11.7. The molecule has 148 valence electrons. The summed E-state index contributed by atoms with van der Waals surface area (Å²) in [7, 11) is 0. The van der Waals surface area contributed by atoms with Crippen LogP contribution in [0.2, 0.25) is 0 Å². The molecule has 0 bridgehead atoms. The molecule has 2 saturated heterocycles. The van der Waals surface area contributed by atoms with Gasteiger partial charge in [0.2, 0.25) is 11.8 Å². The average molecular weight is 417 g/mol. The molecule has 12 heteroatoms. The van der Waals surface area contributed by atoms with Crippen molar-refractivity contribution >= 4 is 58.4 Å². The van der Waals surface area contributed by atoms with Crippen molar-refractivity contribution in [2.24, 2.45) is 0 Å². The number of hydroxylamine groups is 2. The highest BCUT2D eigenvalue weighted by Gasteiger charge is 2.32. The number of hydrogen-bond donors (Lipinski definition) is 1. The van der Waals surface area contributed by atoms with E-state index in [0.29, 0.717) is 31.0 Å². The van der Waals surface area contributed by atoms with Crippen molar-refractivity contribution < 1.29 is 33.6 Å². The first-order valence-electron chi connectivity index (χ1n) is 8.26. The minimum atomic E-state index is -0.769. The Hall–Kier alpha value is -2.08. The molecule has 0 aromatic heterocycles. The Morgan fingerprint density at radius 2 is 1.74 bits per heavy atom. The predicted molar refractivity (Wildman–Crippen MR) is 96.3 cm³/mol. The number of hydrogen-bond acceptors (Lipinski definition) is 9. The Labute approximate surface area is 163 Å². The molecular formula is C15H19N3O7S2. The summed E-state index contributed by atoms with van der Waals surface area (Å²) in [5, 5.41) is 2.91. The summed E-state index contributed by atoms with van der Waals surface area (Å²) >= 11 is 1.99. The van der Waals surface area contributed by atoms with Gasteiger partial charge in [0, 0.05) is 25.9 Å². The van der Waals surface area contributed by atoms with Gasteiger partial charge in [-0.3, -0.25) is 28.9 Å². The van der Waals surface area contributed by atoms with E-state index < -0.39 is 17.8 Å². The number of nitrogens with zero attached hydrogens (tertiary/aromatic N) is 2. The van der Waals surface area contributed by atoms with E-state index in [2.05, 4.69) is 10.2 Å². The summed E-state index contributed by atoms with van der Waals surface area (Å²) in [6.45, 7) is 0.735. The quantitative estimate of drug-likeness (QED) is 0.383. The number of rotatable bonds is 10. The van der Waals surface area contributed by atoms with E-state index in [-0.39, 0.29) is 47.2 Å². The normalized spacial score (nSPS) is 17.0. The first kappa shape index (κ1) is 21.2. The number of unbranched alkanes of at least 4 members (excludes halogenated alkanes) is 1. The molecule has 0 aromatic rings. The monoisotopic (exact) mass is 417 g/mol. The van der Waals surface area contributed by atoms with Crippen LogP contribution in [0.5, 0.6) is 0 Å². The molecule has 10 nitrogen and oxygen atoms in total. The van der Waals surface area contributed by atoms with Gasteiger partial charge in [-0.05, 0) is 12.8 Å². The lowest BCUT2D eigenvalue weighted by Crippen LogP contribution is -2.33. The second-order valence-electron chi connectivity index (χ2n) is 5.69. The Kier molecular flexibility index (Phi) is 8.10. The molecule has 2 aliphatic rings. The van der Waals surface area contributed by atoms with Gasteiger partial charge in [0.05, 0.1) is 17.3 Å². The summed E-state index contributed by atoms with van der Waals surface area (Å²) in [4.78, 5) is 74.5. The van der Waals surface area contributed by atoms with Crippen LogP contribution in [0.3, 0.4) is 0 Å². The lowest BCUT2D eigenvalue weighted by atomic mass is 10.3. The van der Waals surface area contributed by atoms with Gasteiger partial charge >= 0.3 is 5.97 Å². The van der Waals surface area contributed by atoms with Crippen molar-refractivity contribution in [3.05, 3.63) is 0 Å². The van der Waals surface area contributed by atoms with E-state index in [0.717, 1.165) is 23.5 Å². The summed E-state index contributed by atoms with van der Waals surface area (Å²) in [6.07, 6.45) is 1.26. The molecule has 2 fully saturated rings. The fourth-order valence-electron chi connectivity index (χ4n) is 2.28. The van der Waals surface area contributed by atoms with E-state index in [9.17, 15) is 28.8 Å². The van der Waals surface area contributed by atoms with E-state index in [1.165, 1.54) is 4.90 Å². The Morgan fingerprint density at radius 3 is 2.37 bits per heavy atom. The zero-order valence-electron chi connectivity index (χ0n) is 14.4. The zero-order valence-corrected chi connectivity index (χ0v) is 16.1. The van der Waals surface area contributed by atoms with Crippen molar-refractivity contribution in [3.63, 3.8) is 0 Å². The highest BCUT2D eigenvalue weighted by molar-refractivity contribution is 8.14. The summed E-state index contributed by atoms with van der Waals surface area (Å²) < 4.78 is 0. The first-order chi connectivity index (χ1) is 12.9. The molecule has 0 aliphatic carbocycles. The second kappa shape index (κ2) is 10.3. The van der Waals surface area contributed by atoms with Crippen molar-refractivity contribution in [2.45, 2.75) is 25.7 Å². The number of carbonyl (C=O) groups excluding carboxylic acids is 6. The lowest BCUT2D eigenvalue weighted by Gasteiger charge is -2.13. The van der Waals surface area contributed by atoms with E-state index >= 15 is 0 Å². The lowest BCUT2D eigenvalue weighted by molar-refractivity contribution is -0.195. The Bertz CT molecular complexity index is 623. The van der Waals surface area contributed by atoms with Gasteiger partial charge in [-0.2, -0.15) is 0 Å². The highest BCUT2D eigenvalue weighted by Crippen LogP contribution is 2.18. The Balaban J connectivity index is 1.50. The van der Waals surface area contributed by atoms with E-state index in [4.69, 9.17) is 0 Å². The molecule has 27 heavy (non-hydrogen) atoms. The molecule has 0 unspecified atom stereocenters. The maximum Gasteiger partial charge on any atom is 0.343 e. The van der Waals surface area contributed by atoms with Crippen LogP contribution in [0, 0.1) is 0 Å². The van der Waals surface area contributed by atoms with Crippen LogP contribution < -0.4 is 5.32 Å². The van der Waals surface area contributed by atoms with Crippen molar-refractivity contribution in [3.8, 4) is 0 Å². The SMILES string of the molecule is O=C(CSCC(=O)ON1C(=O)CCC1=O)NCCCCN1C(=O)CSC1=O. The third kappa shape index (κ3) is 6.54. The van der Waals surface area contributed by atoms with Gasteiger partial charge in [-0.25, -0.2) is 4.79 Å². The third-order valence-corrected chi connectivity index (χ3v) is 5.39. The number of nitrogens with one attached hydrogen (secondary N) is 1. The molecule has 0 aromatic carbocycles. The number of amides is 5. The van der Waals surface area contributed by atoms with Gasteiger partial charge in [0.15, 0.2) is 0 Å². The molecule has 1 N–H and O–H groups in total. The first-order valence-corrected chi connectivity index (χ1v) is 10.4. The minimum Gasteiger partial charge on any atom is -0.355 e. The molecule has 2 aliphatic heterocycles. The van der Waals surface area contributed by atoms with Gasteiger partial charge in [-0.1, -0.05) is 11.8 Å². The van der Waals surface area contributed by atoms with Crippen LogP contribution in [0.1, 0.15) is 25.7 Å². The van der Waals surface area contributed by atoms with Crippen molar-refractivity contribution in [1.82, 2.24) is 15.3 Å². The summed E-state index contributed by atoms with van der Waals surface area (Å²) in [5.41, 5.74) is 0. The summed E-state index contributed by atoms with van der Waals surface area (Å²) in [6, 6.07) is 0. The molecule has 0 radical (unpaired) electrons. The predicted octanol–water partition coefficient (Wildman–Crippen LogP) is -0.0814. The standard InChI is InChI=1S/C15H19N3O7S2/c19-10(16-5-1-2-6-17-13(22)8-27-15(17)24)7-26-9-14(23)25-18-11(20)3-4-12(18)21/h1-9H2,(H,16,19). The van der Waals surface area contributed by atoms with Crippen LogP contribution in [0.25, 0.3) is 0 Å². The van der Waals surface area contributed by atoms with E-state index in [1.54, 1.807) is 0 Å². The number of thioether (sulfide) groups is 2. The molecular weight excluding hydrogens is 398 g/mol. The van der Waals surface area contributed by atoms with Crippen molar-refractivity contribution in [1.29, 1.82) is 0 Å². The van der Waals surface area contributed by atoms with Crippen LogP contribution in [0.4, 0.5) is 4.79 Å². The highest BCUT2D eigenvalue weighted by atomic mass is 32.2. The van der Waals surface area contributed by atoms with Crippen LogP contribution in [-0.4, -0.2) is 75.1 Å². The van der Waals surface area contributed by atoms with Crippen LogP contribution >= 0.6 is 23.5 Å². The third-order valence-electron chi connectivity index (χ3n) is 3.62. The van der Waals surface area contributed by atoms with Gasteiger partial charge in [0.1, 0.15) is 0 Å². The fraction of sp³-hybridized carbons (Fsp3) is 0.600. The number of imide groups is 2. The van der Waals surface area contributed by atoms with Crippen molar-refractivity contribution in [2.75, 3.05) is 30.3 Å². The smallest absolute Gasteiger partial charge is 0.343 e. The molecule has 0 atom stereocenters. The minimum absolute atomic E-state index is 0.0245. The topological polar surface area (TPSA) is 130 Å². The van der Waals surface area contributed by atoms with Gasteiger partial charge in [0.25, 0.3) is 17.1 Å². The second-order valence-corrected chi connectivity index (χ2v) is 7.61. The van der Waals surface area contributed by atoms with Crippen LogP contribution in [0.15, 0.2) is 0 Å². The van der Waals surface area contributed by atoms with E-state index in [1.807, 2.05) is 0 Å². The molecule has 2 heterocycles. The molecule has 5 amide bonds. The fourth-order valence-corrected chi connectivity index (χ4v) is 3.64. The molecule has 2 rings (SSSR count). The van der Waals surface area contributed by atoms with Crippen LogP contribution in [-0.2, 0) is 28.8 Å².